The monoisotopic (exact) mass is 359 g/mol. The Bertz CT molecular complexity index is 671. The van der Waals surface area contributed by atoms with E-state index in [0.29, 0.717) is 32.3 Å². The third kappa shape index (κ3) is 4.70. The van der Waals surface area contributed by atoms with Gasteiger partial charge in [0.15, 0.2) is 6.61 Å². The van der Waals surface area contributed by atoms with E-state index in [2.05, 4.69) is 5.32 Å². The van der Waals surface area contributed by atoms with E-state index in [1.165, 1.54) is 7.11 Å². The van der Waals surface area contributed by atoms with Crippen LogP contribution in [0.4, 0.5) is 5.69 Å². The van der Waals surface area contributed by atoms with Crippen molar-refractivity contribution in [1.29, 1.82) is 0 Å². The number of nitrogens with one attached hydrogen (secondary N) is 1. The molecule has 0 saturated heterocycles. The summed E-state index contributed by atoms with van der Waals surface area (Å²) in [7, 11) is 1.52. The Morgan fingerprint density at radius 3 is 2.36 bits per heavy atom. The van der Waals surface area contributed by atoms with Gasteiger partial charge < -0.3 is 14.8 Å². The van der Waals surface area contributed by atoms with Crippen molar-refractivity contribution in [2.45, 2.75) is 0 Å². The quantitative estimate of drug-likeness (QED) is 0.842. The van der Waals surface area contributed by atoms with Crippen molar-refractivity contribution in [1.82, 2.24) is 0 Å². The molecule has 0 aliphatic heterocycles. The number of benzene rings is 2. The molecule has 2 aromatic carbocycles. The van der Waals surface area contributed by atoms with Gasteiger partial charge in [-0.2, -0.15) is 0 Å². The summed E-state index contributed by atoms with van der Waals surface area (Å²) in [5.41, 5.74) is 0.545. The molecule has 2 aromatic rings. The molecule has 22 heavy (non-hydrogen) atoms. The summed E-state index contributed by atoms with van der Waals surface area (Å²) in [4.78, 5) is 11.8. The average Bonchev–Trinajstić information content (AvgIpc) is 2.44. The van der Waals surface area contributed by atoms with Gasteiger partial charge in [0.2, 0.25) is 0 Å². The molecule has 0 bridgehead atoms. The third-order valence-electron chi connectivity index (χ3n) is 2.64. The molecule has 1 amide bonds. The first-order valence-corrected chi connectivity index (χ1v) is 7.33. The van der Waals surface area contributed by atoms with Gasteiger partial charge in [-0.05, 0) is 36.4 Å². The number of methoxy groups -OCH3 is 1. The summed E-state index contributed by atoms with van der Waals surface area (Å²) in [5, 5.41) is 3.94. The molecule has 7 heteroatoms. The zero-order chi connectivity index (χ0) is 16.1. The van der Waals surface area contributed by atoms with Crippen LogP contribution in [0.1, 0.15) is 0 Å². The van der Waals surface area contributed by atoms with Crippen molar-refractivity contribution in [3.05, 3.63) is 51.5 Å². The Kier molecular flexibility index (Phi) is 5.77. The largest absolute Gasteiger partial charge is 0.495 e. The van der Waals surface area contributed by atoms with E-state index in [1.807, 2.05) is 0 Å². The van der Waals surface area contributed by atoms with Crippen LogP contribution < -0.4 is 14.8 Å². The normalized spacial score (nSPS) is 10.2. The van der Waals surface area contributed by atoms with Gasteiger partial charge >= 0.3 is 0 Å². The summed E-state index contributed by atoms with van der Waals surface area (Å²) in [6.07, 6.45) is 0. The highest BCUT2D eigenvalue weighted by atomic mass is 35.5. The smallest absolute Gasteiger partial charge is 0.262 e. The van der Waals surface area contributed by atoms with Gasteiger partial charge in [-0.1, -0.05) is 34.8 Å². The lowest BCUT2D eigenvalue weighted by atomic mass is 10.3. The molecule has 0 radical (unpaired) electrons. The van der Waals surface area contributed by atoms with E-state index in [-0.39, 0.29) is 12.5 Å². The molecule has 1 N–H and O–H groups in total. The summed E-state index contributed by atoms with van der Waals surface area (Å²) in [6, 6.07) is 9.66. The van der Waals surface area contributed by atoms with Gasteiger partial charge in [-0.25, -0.2) is 0 Å². The van der Waals surface area contributed by atoms with Crippen molar-refractivity contribution < 1.29 is 14.3 Å². The minimum Gasteiger partial charge on any atom is -0.495 e. The fourth-order valence-electron chi connectivity index (χ4n) is 1.70. The van der Waals surface area contributed by atoms with E-state index < -0.39 is 0 Å². The number of amides is 1. The lowest BCUT2D eigenvalue weighted by molar-refractivity contribution is -0.118. The maximum Gasteiger partial charge on any atom is 0.262 e. The second-order valence-corrected chi connectivity index (χ2v) is 5.57. The van der Waals surface area contributed by atoms with Crippen molar-refractivity contribution in [2.24, 2.45) is 0 Å². The predicted molar refractivity (Wildman–Crippen MR) is 88.6 cm³/mol. The summed E-state index contributed by atoms with van der Waals surface area (Å²) in [6.45, 7) is -0.180. The van der Waals surface area contributed by atoms with Crippen LogP contribution in [0.15, 0.2) is 36.4 Å². The number of hydrogen-bond donors (Lipinski definition) is 1. The Morgan fingerprint density at radius 1 is 1.09 bits per heavy atom. The first kappa shape index (κ1) is 16.7. The average molecular weight is 361 g/mol. The molecular weight excluding hydrogens is 349 g/mol. The number of anilines is 1. The van der Waals surface area contributed by atoms with E-state index in [9.17, 15) is 4.79 Å². The first-order valence-electron chi connectivity index (χ1n) is 6.20. The molecule has 0 aliphatic carbocycles. The molecule has 0 aliphatic rings. The molecule has 0 unspecified atom stereocenters. The Morgan fingerprint density at radius 2 is 1.77 bits per heavy atom. The second kappa shape index (κ2) is 7.58. The molecule has 116 valence electrons. The van der Waals surface area contributed by atoms with Crippen LogP contribution in [-0.4, -0.2) is 19.6 Å². The zero-order valence-electron chi connectivity index (χ0n) is 11.5. The predicted octanol–water partition coefficient (Wildman–Crippen LogP) is 4.67. The Hall–Kier alpha value is -1.62. The maximum atomic E-state index is 11.8. The van der Waals surface area contributed by atoms with E-state index in [4.69, 9.17) is 44.3 Å². The standard InChI is InChI=1S/C15H12Cl3NO3/c1-21-14-3-2-11(7-13(14)18)19-15(20)8-22-12-5-9(16)4-10(17)6-12/h2-7H,8H2,1H3,(H,19,20). The summed E-state index contributed by atoms with van der Waals surface area (Å²) in [5.74, 6) is 0.613. The van der Waals surface area contributed by atoms with Gasteiger partial charge in [0.25, 0.3) is 5.91 Å². The first-order chi connectivity index (χ1) is 10.5. The van der Waals surface area contributed by atoms with Gasteiger partial charge in [0.05, 0.1) is 12.1 Å². The molecular formula is C15H12Cl3NO3. The minimum atomic E-state index is -0.336. The van der Waals surface area contributed by atoms with E-state index >= 15 is 0 Å². The number of carbonyl (C=O) groups excluding carboxylic acids is 1. The molecule has 0 spiro atoms. The lowest BCUT2D eigenvalue weighted by Gasteiger charge is -2.09. The van der Waals surface area contributed by atoms with Crippen LogP contribution in [-0.2, 0) is 4.79 Å². The zero-order valence-corrected chi connectivity index (χ0v) is 13.8. The van der Waals surface area contributed by atoms with Gasteiger partial charge in [-0.15, -0.1) is 0 Å². The Labute approximate surface area is 142 Å². The SMILES string of the molecule is COc1ccc(NC(=O)COc2cc(Cl)cc(Cl)c2)cc1Cl. The second-order valence-electron chi connectivity index (χ2n) is 4.29. The van der Waals surface area contributed by atoms with Crippen LogP contribution in [0.5, 0.6) is 11.5 Å². The van der Waals surface area contributed by atoms with Crippen molar-refractivity contribution in [3.8, 4) is 11.5 Å². The number of hydrogen-bond acceptors (Lipinski definition) is 3. The fraction of sp³-hybridized carbons (Fsp3) is 0.133. The highest BCUT2D eigenvalue weighted by Gasteiger charge is 2.07. The lowest BCUT2D eigenvalue weighted by Crippen LogP contribution is -2.20. The molecule has 2 rings (SSSR count). The minimum absolute atomic E-state index is 0.180. The van der Waals surface area contributed by atoms with Crippen molar-refractivity contribution >= 4 is 46.4 Å². The van der Waals surface area contributed by atoms with Gasteiger partial charge in [0, 0.05) is 15.7 Å². The molecule has 0 atom stereocenters. The number of rotatable bonds is 5. The van der Waals surface area contributed by atoms with E-state index in [0.717, 1.165) is 0 Å². The molecule has 0 heterocycles. The van der Waals surface area contributed by atoms with Crippen molar-refractivity contribution in [3.63, 3.8) is 0 Å². The Balaban J connectivity index is 1.94. The van der Waals surface area contributed by atoms with Crippen LogP contribution >= 0.6 is 34.8 Å². The van der Waals surface area contributed by atoms with Gasteiger partial charge in [-0.3, -0.25) is 4.79 Å². The molecule has 0 fully saturated rings. The number of halogens is 3. The van der Waals surface area contributed by atoms with Crippen LogP contribution in [0.2, 0.25) is 15.1 Å². The fourth-order valence-corrected chi connectivity index (χ4v) is 2.47. The topological polar surface area (TPSA) is 47.6 Å². The number of ether oxygens (including phenoxy) is 2. The summed E-state index contributed by atoms with van der Waals surface area (Å²) < 4.78 is 10.4. The van der Waals surface area contributed by atoms with Crippen LogP contribution in [0, 0.1) is 0 Å². The molecule has 0 aromatic heterocycles. The molecule has 4 nitrogen and oxygen atoms in total. The highest BCUT2D eigenvalue weighted by Crippen LogP contribution is 2.27. The maximum absolute atomic E-state index is 11.8. The number of carbonyl (C=O) groups is 1. The summed E-state index contributed by atoms with van der Waals surface area (Å²) >= 11 is 17.7. The van der Waals surface area contributed by atoms with E-state index in [1.54, 1.807) is 36.4 Å². The van der Waals surface area contributed by atoms with Gasteiger partial charge in [0.1, 0.15) is 11.5 Å². The van der Waals surface area contributed by atoms with Crippen LogP contribution in [0.3, 0.4) is 0 Å². The third-order valence-corrected chi connectivity index (χ3v) is 3.37. The highest BCUT2D eigenvalue weighted by molar-refractivity contribution is 6.34. The van der Waals surface area contributed by atoms with Crippen LogP contribution in [0.25, 0.3) is 0 Å². The molecule has 0 saturated carbocycles. The van der Waals surface area contributed by atoms with Crippen molar-refractivity contribution in [2.75, 3.05) is 19.0 Å².